The van der Waals surface area contributed by atoms with E-state index in [2.05, 4.69) is 27.7 Å². The summed E-state index contributed by atoms with van der Waals surface area (Å²) in [4.78, 5) is 77.6. The molecule has 506 valence electrons. The summed E-state index contributed by atoms with van der Waals surface area (Å²) in [6, 6.07) is 0. The Balaban J connectivity index is 5.13. The molecule has 12 nitrogen and oxygen atoms in total. The molecule has 0 N–H and O–H groups in total. The molecule has 0 amide bonds. The highest BCUT2D eigenvalue weighted by molar-refractivity contribution is 5.78. The highest BCUT2D eigenvalue weighted by Gasteiger charge is 2.22. The molecule has 0 aliphatic carbocycles. The van der Waals surface area contributed by atoms with Crippen molar-refractivity contribution in [3.05, 3.63) is 0 Å². The number of carbonyl (C=O) groups excluding carboxylic acids is 6. The number of ether oxygens (including phenoxy) is 6. The summed E-state index contributed by atoms with van der Waals surface area (Å²) in [5.74, 6) is -3.05. The van der Waals surface area contributed by atoms with Crippen LogP contribution in [-0.4, -0.2) is 74.5 Å². The van der Waals surface area contributed by atoms with Crippen LogP contribution in [0.2, 0.25) is 0 Å². The molecule has 0 bridgehead atoms. The van der Waals surface area contributed by atoms with Crippen LogP contribution in [0, 0.1) is 0 Å². The van der Waals surface area contributed by atoms with E-state index in [1.165, 1.54) is 231 Å². The first kappa shape index (κ1) is 82.8. The molecule has 0 saturated heterocycles. The molecule has 0 unspecified atom stereocenters. The molecule has 0 aromatic rings. The zero-order valence-corrected chi connectivity index (χ0v) is 56.9. The van der Waals surface area contributed by atoms with E-state index in [9.17, 15) is 28.8 Å². The minimum atomic E-state index is -0.988. The summed E-state index contributed by atoms with van der Waals surface area (Å²) in [5, 5.41) is 0. The minimum Gasteiger partial charge on any atom is -0.462 e. The van der Waals surface area contributed by atoms with E-state index in [0.29, 0.717) is 12.8 Å². The van der Waals surface area contributed by atoms with Crippen molar-refractivity contribution in [2.75, 3.05) is 26.4 Å². The van der Waals surface area contributed by atoms with Gasteiger partial charge in [-0.15, -0.1) is 0 Å². The lowest BCUT2D eigenvalue weighted by molar-refractivity contribution is -0.168. The summed E-state index contributed by atoms with van der Waals surface area (Å²) in [6.07, 6.45) is 60.7. The molecule has 0 spiro atoms. The second kappa shape index (κ2) is 67.7. The van der Waals surface area contributed by atoms with Crippen LogP contribution in [0.15, 0.2) is 0 Å². The molecule has 0 aromatic carbocycles. The standard InChI is InChI=1S/C74H138O12/c1-5-9-13-17-21-25-29-33-37-41-45-49-53-57-69(75)81-63-67(85-73(79)59-55-51-47-43-39-35-31-27-23-19-15-11-7-3)65-83-71(77)61-62-72(78)84-66-68(86-74(80)60-56-52-48-44-40-36-32-28-24-20-16-12-8-4)64-82-70(76)58-54-50-46-42-38-34-30-26-22-18-14-10-6-2/h67-68H,5-66H2,1-4H3/t67-,68-/m1/s1. The van der Waals surface area contributed by atoms with Crippen molar-refractivity contribution in [1.29, 1.82) is 0 Å². The minimum absolute atomic E-state index is 0.218. The van der Waals surface area contributed by atoms with Gasteiger partial charge in [-0.1, -0.05) is 336 Å². The largest absolute Gasteiger partial charge is 0.462 e. The highest BCUT2D eigenvalue weighted by Crippen LogP contribution is 2.19. The molecule has 12 heteroatoms. The van der Waals surface area contributed by atoms with Gasteiger partial charge in [0.15, 0.2) is 12.2 Å². The Bertz CT molecular complexity index is 1410. The number of hydrogen-bond acceptors (Lipinski definition) is 12. The van der Waals surface area contributed by atoms with Gasteiger partial charge in [0.2, 0.25) is 0 Å². The zero-order chi connectivity index (χ0) is 62.7. The van der Waals surface area contributed by atoms with Crippen LogP contribution >= 0.6 is 0 Å². The monoisotopic (exact) mass is 1220 g/mol. The van der Waals surface area contributed by atoms with Gasteiger partial charge in [0.05, 0.1) is 12.8 Å². The van der Waals surface area contributed by atoms with E-state index in [4.69, 9.17) is 28.4 Å². The second-order valence-corrected chi connectivity index (χ2v) is 25.4. The van der Waals surface area contributed by atoms with Crippen LogP contribution < -0.4 is 0 Å². The molecular formula is C74H138O12. The van der Waals surface area contributed by atoms with E-state index >= 15 is 0 Å². The normalized spacial score (nSPS) is 12.0. The highest BCUT2D eigenvalue weighted by atomic mass is 16.6. The Morgan fingerprint density at radius 1 is 0.186 bits per heavy atom. The lowest BCUT2D eigenvalue weighted by Gasteiger charge is -2.19. The summed E-state index contributed by atoms with van der Waals surface area (Å²) in [5.41, 5.74) is 0. The van der Waals surface area contributed by atoms with Crippen molar-refractivity contribution in [2.45, 2.75) is 412 Å². The van der Waals surface area contributed by atoms with Gasteiger partial charge in [-0.25, -0.2) is 0 Å². The number of esters is 6. The molecular weight excluding hydrogens is 1080 g/mol. The van der Waals surface area contributed by atoms with Gasteiger partial charge < -0.3 is 28.4 Å². The van der Waals surface area contributed by atoms with Gasteiger partial charge in [0.25, 0.3) is 0 Å². The maximum absolute atomic E-state index is 13.0. The second-order valence-electron chi connectivity index (χ2n) is 25.4. The maximum atomic E-state index is 13.0. The van der Waals surface area contributed by atoms with Gasteiger partial charge in [0, 0.05) is 25.7 Å². The van der Waals surface area contributed by atoms with Gasteiger partial charge >= 0.3 is 35.8 Å². The van der Waals surface area contributed by atoms with Crippen LogP contribution in [0.3, 0.4) is 0 Å². The van der Waals surface area contributed by atoms with Crippen molar-refractivity contribution in [1.82, 2.24) is 0 Å². The Labute approximate surface area is 529 Å². The molecule has 0 fully saturated rings. The van der Waals surface area contributed by atoms with Crippen molar-refractivity contribution in [3.8, 4) is 0 Å². The zero-order valence-electron chi connectivity index (χ0n) is 56.9. The Hall–Kier alpha value is -3.18. The third kappa shape index (κ3) is 63.8. The van der Waals surface area contributed by atoms with E-state index in [-0.39, 0.29) is 76.9 Å². The number of hydrogen-bond donors (Lipinski definition) is 0. The lowest BCUT2D eigenvalue weighted by atomic mass is 10.0. The van der Waals surface area contributed by atoms with Crippen LogP contribution in [0.25, 0.3) is 0 Å². The van der Waals surface area contributed by atoms with Crippen molar-refractivity contribution >= 4 is 35.8 Å². The Morgan fingerprint density at radius 3 is 0.500 bits per heavy atom. The molecule has 0 aromatic heterocycles. The van der Waals surface area contributed by atoms with Crippen LogP contribution in [0.4, 0.5) is 0 Å². The fraction of sp³-hybridized carbons (Fsp3) is 0.919. The number of unbranched alkanes of at least 4 members (excludes halogenated alkanes) is 48. The fourth-order valence-electron chi connectivity index (χ4n) is 11.1. The van der Waals surface area contributed by atoms with Gasteiger partial charge in [-0.2, -0.15) is 0 Å². The third-order valence-electron chi connectivity index (χ3n) is 16.8. The van der Waals surface area contributed by atoms with E-state index < -0.39 is 36.1 Å². The molecule has 0 saturated carbocycles. The Kier molecular flexibility index (Phi) is 65.2. The molecule has 0 aliphatic rings. The topological polar surface area (TPSA) is 158 Å². The quantitative estimate of drug-likeness (QED) is 0.0323. The third-order valence-corrected chi connectivity index (χ3v) is 16.8. The van der Waals surface area contributed by atoms with Crippen molar-refractivity contribution in [3.63, 3.8) is 0 Å². The van der Waals surface area contributed by atoms with Gasteiger partial charge in [-0.3, -0.25) is 28.8 Å². The summed E-state index contributed by atoms with van der Waals surface area (Å²) in [7, 11) is 0. The summed E-state index contributed by atoms with van der Waals surface area (Å²) in [6.45, 7) is 7.87. The average Bonchev–Trinajstić information content (AvgIpc) is 3.59. The van der Waals surface area contributed by atoms with Crippen molar-refractivity contribution in [2.24, 2.45) is 0 Å². The predicted octanol–water partition coefficient (Wildman–Crippen LogP) is 21.7. The average molecular weight is 1220 g/mol. The Morgan fingerprint density at radius 2 is 0.326 bits per heavy atom. The first-order valence-electron chi connectivity index (χ1n) is 37.2. The van der Waals surface area contributed by atoms with Crippen molar-refractivity contribution < 1.29 is 57.2 Å². The predicted molar refractivity (Wildman–Crippen MR) is 354 cm³/mol. The van der Waals surface area contributed by atoms with Crippen LogP contribution in [0.1, 0.15) is 400 Å². The fourth-order valence-corrected chi connectivity index (χ4v) is 11.1. The molecule has 0 radical (unpaired) electrons. The van der Waals surface area contributed by atoms with Gasteiger partial charge in [-0.05, 0) is 25.7 Å². The van der Waals surface area contributed by atoms with E-state index in [1.807, 2.05) is 0 Å². The molecule has 2 atom stereocenters. The lowest BCUT2D eigenvalue weighted by Crippen LogP contribution is -2.31. The SMILES string of the molecule is CCCCCCCCCCCCCCCC(=O)OC[C@H](COC(=O)CCC(=O)OC[C@@H](COC(=O)CCCCCCCCCCCCCCC)OC(=O)CCCCCCCCCCCCCCC)OC(=O)CCCCCCCCCCCCCCC. The number of rotatable bonds is 69. The van der Waals surface area contributed by atoms with E-state index in [1.54, 1.807) is 0 Å². The molecule has 0 rings (SSSR count). The maximum Gasteiger partial charge on any atom is 0.306 e. The van der Waals surface area contributed by atoms with Crippen LogP contribution in [-0.2, 0) is 57.2 Å². The summed E-state index contributed by atoms with van der Waals surface area (Å²) >= 11 is 0. The van der Waals surface area contributed by atoms with Crippen LogP contribution in [0.5, 0.6) is 0 Å². The molecule has 86 heavy (non-hydrogen) atoms. The molecule has 0 aliphatic heterocycles. The smallest absolute Gasteiger partial charge is 0.306 e. The first-order chi connectivity index (χ1) is 42.1. The van der Waals surface area contributed by atoms with Gasteiger partial charge in [0.1, 0.15) is 26.4 Å². The summed E-state index contributed by atoms with van der Waals surface area (Å²) < 4.78 is 33.5. The number of carbonyl (C=O) groups is 6. The first-order valence-corrected chi connectivity index (χ1v) is 37.2. The van der Waals surface area contributed by atoms with E-state index in [0.717, 1.165) is 89.9 Å². The molecule has 0 heterocycles.